The van der Waals surface area contributed by atoms with Crippen molar-refractivity contribution in [2.24, 2.45) is 0 Å². The number of carbonyl (C=O) groups is 1. The summed E-state index contributed by atoms with van der Waals surface area (Å²) in [6, 6.07) is 3.15. The Balaban J connectivity index is 2.50. The number of carbonyl (C=O) groups excluding carboxylic acids is 1. The first kappa shape index (κ1) is 25.8. The van der Waals surface area contributed by atoms with E-state index in [4.69, 9.17) is 11.6 Å². The molecule has 0 aliphatic rings. The van der Waals surface area contributed by atoms with Crippen LogP contribution in [0.1, 0.15) is 15.9 Å². The fraction of sp³-hybridized carbons (Fsp3) is 0.235. The molecule has 0 saturated heterocycles. The van der Waals surface area contributed by atoms with E-state index in [0.717, 1.165) is 18.2 Å². The molecule has 0 aliphatic carbocycles. The van der Waals surface area contributed by atoms with Gasteiger partial charge in [-0.2, -0.15) is 26.3 Å². The number of nitrogens with one attached hydrogen (secondary N) is 1. The first-order valence-corrected chi connectivity index (χ1v) is 9.18. The third kappa shape index (κ3) is 4.37. The van der Waals surface area contributed by atoms with Gasteiger partial charge in [-0.1, -0.05) is 17.7 Å². The minimum atomic E-state index is -6.45. The fourth-order valence-electron chi connectivity index (χ4n) is 2.51. The van der Waals surface area contributed by atoms with E-state index in [9.17, 15) is 50.0 Å². The average Bonchev–Trinajstić information content (AvgIpc) is 2.68. The second-order valence-electron chi connectivity index (χ2n) is 6.17. The van der Waals surface area contributed by atoms with Gasteiger partial charge in [0, 0.05) is 16.1 Å². The molecule has 0 bridgehead atoms. The maximum absolute atomic E-state index is 14.6. The highest BCUT2D eigenvalue weighted by Crippen LogP contribution is 2.52. The summed E-state index contributed by atoms with van der Waals surface area (Å²) in [6.45, 7) is -2.77. The number of hydrogen-bond acceptors (Lipinski definition) is 3. The van der Waals surface area contributed by atoms with E-state index in [0.29, 0.717) is 6.07 Å². The lowest BCUT2D eigenvalue weighted by molar-refractivity contribution is -0.387. The number of rotatable bonds is 6. The third-order valence-corrected chi connectivity index (χ3v) is 5.12. The van der Waals surface area contributed by atoms with Crippen molar-refractivity contribution < 1.29 is 44.8 Å². The molecule has 1 amide bonds. The van der Waals surface area contributed by atoms with Gasteiger partial charge in [-0.3, -0.25) is 14.9 Å². The van der Waals surface area contributed by atoms with Crippen molar-refractivity contribution in [3.05, 3.63) is 66.9 Å². The lowest BCUT2D eigenvalue weighted by Gasteiger charge is -2.33. The molecule has 1 atom stereocenters. The smallest absolute Gasteiger partial charge is 0.320 e. The summed E-state index contributed by atoms with van der Waals surface area (Å²) in [5, 5.41) is 11.9. The van der Waals surface area contributed by atoms with Gasteiger partial charge in [0.1, 0.15) is 6.67 Å². The SMILES string of the molecule is O=C(Nc1c(Cl)cc(C(F)(CF)C(F)(F)C(F)(F)F)cc1Br)c1cccc([N+](=O)[O-])c1F. The quantitative estimate of drug-likeness (QED) is 0.244. The van der Waals surface area contributed by atoms with Gasteiger partial charge in [-0.25, -0.2) is 8.78 Å². The van der Waals surface area contributed by atoms with Crippen molar-refractivity contribution in [3.8, 4) is 0 Å². The molecule has 1 N–H and O–H groups in total. The molecule has 15 heteroatoms. The highest BCUT2D eigenvalue weighted by molar-refractivity contribution is 9.10. The summed E-state index contributed by atoms with van der Waals surface area (Å²) >= 11 is 8.43. The number of alkyl halides is 7. The highest BCUT2D eigenvalue weighted by Gasteiger charge is 2.72. The Morgan fingerprint density at radius 3 is 2.22 bits per heavy atom. The fourth-order valence-corrected chi connectivity index (χ4v) is 3.45. The van der Waals surface area contributed by atoms with Crippen LogP contribution in [-0.2, 0) is 5.67 Å². The van der Waals surface area contributed by atoms with Crippen LogP contribution >= 0.6 is 27.5 Å². The number of nitrogens with zero attached hydrogens (tertiary/aromatic N) is 1. The number of hydrogen-bond donors (Lipinski definition) is 1. The molecule has 0 heterocycles. The van der Waals surface area contributed by atoms with Gasteiger partial charge in [-0.05, 0) is 34.1 Å². The monoisotopic (exact) mass is 554 g/mol. The lowest BCUT2D eigenvalue weighted by atomic mass is 9.89. The summed E-state index contributed by atoms with van der Waals surface area (Å²) in [7, 11) is 0. The highest BCUT2D eigenvalue weighted by atomic mass is 79.9. The number of amides is 1. The maximum atomic E-state index is 14.6. The zero-order valence-corrected chi connectivity index (χ0v) is 17.4. The summed E-state index contributed by atoms with van der Waals surface area (Å²) in [6.07, 6.45) is -6.45. The van der Waals surface area contributed by atoms with E-state index < -0.39 is 73.1 Å². The molecule has 2 aromatic carbocycles. The van der Waals surface area contributed by atoms with Crippen molar-refractivity contribution in [2.75, 3.05) is 12.0 Å². The Morgan fingerprint density at radius 1 is 1.16 bits per heavy atom. The molecular weight excluding hydrogens is 548 g/mol. The summed E-state index contributed by atoms with van der Waals surface area (Å²) in [4.78, 5) is 22.0. The lowest BCUT2D eigenvalue weighted by Crippen LogP contribution is -2.53. The average molecular weight is 556 g/mol. The Bertz CT molecular complexity index is 1060. The van der Waals surface area contributed by atoms with Gasteiger partial charge < -0.3 is 5.32 Å². The second-order valence-corrected chi connectivity index (χ2v) is 7.43. The Morgan fingerprint density at radius 2 is 1.75 bits per heavy atom. The molecule has 2 rings (SSSR count). The Labute approximate surface area is 186 Å². The van der Waals surface area contributed by atoms with Gasteiger partial charge in [0.25, 0.3) is 5.91 Å². The molecular formula is C17H8BrClF8N2O3. The molecule has 1 unspecified atom stereocenters. The van der Waals surface area contributed by atoms with Crippen LogP contribution in [-0.4, -0.2) is 29.6 Å². The summed E-state index contributed by atoms with van der Waals surface area (Å²) in [5.74, 6) is -8.99. The predicted octanol–water partition coefficient (Wildman–Crippen LogP) is 6.73. The standard InChI is InChI=1S/C17H8BrClF8N2O3/c18-9-4-7(15(22,6-20)16(23,24)17(25,26)27)5-10(19)13(9)28-14(30)8-2-1-3-11(12(8)21)29(31)32/h1-5H,6H2,(H,28,30). The Kier molecular flexibility index (Phi) is 7.10. The topological polar surface area (TPSA) is 72.2 Å². The number of anilines is 1. The van der Waals surface area contributed by atoms with Crippen LogP contribution < -0.4 is 5.32 Å². The van der Waals surface area contributed by atoms with Crippen molar-refractivity contribution in [2.45, 2.75) is 17.8 Å². The first-order chi connectivity index (χ1) is 14.6. The maximum Gasteiger partial charge on any atom is 0.457 e. The van der Waals surface area contributed by atoms with Crippen LogP contribution in [0.15, 0.2) is 34.8 Å². The molecule has 174 valence electrons. The van der Waals surface area contributed by atoms with Crippen molar-refractivity contribution in [1.82, 2.24) is 0 Å². The van der Waals surface area contributed by atoms with Crippen LogP contribution in [0.5, 0.6) is 0 Å². The second kappa shape index (κ2) is 8.81. The van der Waals surface area contributed by atoms with Crippen molar-refractivity contribution in [3.63, 3.8) is 0 Å². The summed E-state index contributed by atoms with van der Waals surface area (Å²) in [5.41, 5.74) is -8.77. The molecule has 0 saturated carbocycles. The van der Waals surface area contributed by atoms with Crippen LogP contribution in [0.25, 0.3) is 0 Å². The molecule has 5 nitrogen and oxygen atoms in total. The number of halogens is 10. The van der Waals surface area contributed by atoms with E-state index in [1.54, 1.807) is 0 Å². The van der Waals surface area contributed by atoms with Gasteiger partial charge in [0.15, 0.2) is 0 Å². The summed E-state index contributed by atoms with van der Waals surface area (Å²) < 4.78 is 106. The molecule has 0 aliphatic heterocycles. The zero-order valence-electron chi connectivity index (χ0n) is 15.0. The molecule has 0 aromatic heterocycles. The largest absolute Gasteiger partial charge is 0.457 e. The first-order valence-electron chi connectivity index (χ1n) is 8.01. The van der Waals surface area contributed by atoms with E-state index in [1.807, 2.05) is 5.32 Å². The van der Waals surface area contributed by atoms with E-state index >= 15 is 0 Å². The molecule has 0 radical (unpaired) electrons. The minimum Gasteiger partial charge on any atom is -0.320 e. The van der Waals surface area contributed by atoms with E-state index in [-0.39, 0.29) is 6.07 Å². The number of benzene rings is 2. The minimum absolute atomic E-state index is 0.227. The molecule has 0 fully saturated rings. The van der Waals surface area contributed by atoms with Gasteiger partial charge >= 0.3 is 17.8 Å². The van der Waals surface area contributed by atoms with Crippen molar-refractivity contribution in [1.29, 1.82) is 0 Å². The van der Waals surface area contributed by atoms with Crippen LogP contribution in [0.3, 0.4) is 0 Å². The molecule has 2 aromatic rings. The molecule has 0 spiro atoms. The predicted molar refractivity (Wildman–Crippen MR) is 99.9 cm³/mol. The normalized spacial score (nSPS) is 14.1. The van der Waals surface area contributed by atoms with Crippen LogP contribution in [0, 0.1) is 15.9 Å². The number of nitro benzene ring substituents is 1. The van der Waals surface area contributed by atoms with Gasteiger partial charge in [0.05, 0.1) is 21.2 Å². The van der Waals surface area contributed by atoms with Crippen LogP contribution in [0.4, 0.5) is 46.5 Å². The van der Waals surface area contributed by atoms with E-state index in [1.165, 1.54) is 0 Å². The van der Waals surface area contributed by atoms with Gasteiger partial charge in [-0.15, -0.1) is 0 Å². The Hall–Kier alpha value is -2.48. The third-order valence-electron chi connectivity index (χ3n) is 4.20. The van der Waals surface area contributed by atoms with E-state index in [2.05, 4.69) is 15.9 Å². The molecule has 32 heavy (non-hydrogen) atoms. The zero-order chi connectivity index (χ0) is 24.6. The van der Waals surface area contributed by atoms with Crippen molar-refractivity contribution >= 4 is 44.8 Å². The van der Waals surface area contributed by atoms with Gasteiger partial charge in [0.2, 0.25) is 11.5 Å². The number of nitro groups is 1. The van der Waals surface area contributed by atoms with Crippen LogP contribution in [0.2, 0.25) is 5.02 Å².